The van der Waals surface area contributed by atoms with Crippen LogP contribution in [0.25, 0.3) is 11.4 Å². The summed E-state index contributed by atoms with van der Waals surface area (Å²) in [6.45, 7) is 4.01. The fraction of sp³-hybridized carbons (Fsp3) is 0.167. The van der Waals surface area contributed by atoms with Crippen molar-refractivity contribution in [1.29, 1.82) is 0 Å². The maximum Gasteiger partial charge on any atom is 0.297 e. The zero-order valence-corrected chi connectivity index (χ0v) is 24.9. The third kappa shape index (κ3) is 4.93. The van der Waals surface area contributed by atoms with E-state index >= 15 is 0 Å². The molecule has 1 atom stereocenters. The molecule has 0 radical (unpaired) electrons. The highest BCUT2D eigenvalue weighted by Crippen LogP contribution is 2.46. The van der Waals surface area contributed by atoms with Crippen molar-refractivity contribution < 1.29 is 14.2 Å². The fourth-order valence-corrected chi connectivity index (χ4v) is 5.70. The molecule has 1 aliphatic rings. The minimum atomic E-state index is -0.196. The van der Waals surface area contributed by atoms with Crippen molar-refractivity contribution in [3.05, 3.63) is 141 Å². The molecule has 0 fully saturated rings. The molecule has 0 amide bonds. The van der Waals surface area contributed by atoms with Crippen molar-refractivity contribution in [3.63, 3.8) is 0 Å². The number of ether oxygens (including phenoxy) is 3. The van der Waals surface area contributed by atoms with Crippen molar-refractivity contribution >= 4 is 17.7 Å². The van der Waals surface area contributed by atoms with Crippen LogP contribution >= 0.6 is 0 Å². The van der Waals surface area contributed by atoms with Gasteiger partial charge in [0.25, 0.3) is 5.56 Å². The summed E-state index contributed by atoms with van der Waals surface area (Å²) in [5.74, 6) is 2.41. The summed E-state index contributed by atoms with van der Waals surface area (Å²) in [4.78, 5) is 18.6. The van der Waals surface area contributed by atoms with Crippen LogP contribution < -0.4 is 19.8 Å². The number of fused-ring (bicyclic) bond motifs is 1. The first-order valence-corrected chi connectivity index (χ1v) is 14.1. The zero-order valence-electron chi connectivity index (χ0n) is 24.9. The summed E-state index contributed by atoms with van der Waals surface area (Å²) in [6, 6.07) is 31.7. The predicted octanol–water partition coefficient (Wildman–Crippen LogP) is 7.15. The molecule has 7 heteroatoms. The first-order chi connectivity index (χ1) is 20.9. The van der Waals surface area contributed by atoms with Crippen LogP contribution in [0.3, 0.4) is 0 Å². The number of rotatable bonds is 7. The predicted molar refractivity (Wildman–Crippen MR) is 170 cm³/mol. The minimum Gasteiger partial charge on any atom is -0.493 e. The van der Waals surface area contributed by atoms with E-state index in [4.69, 9.17) is 19.2 Å². The molecule has 7 nitrogen and oxygen atoms in total. The summed E-state index contributed by atoms with van der Waals surface area (Å²) in [7, 11) is 5.09. The van der Waals surface area contributed by atoms with Crippen LogP contribution in [0.5, 0.6) is 17.2 Å². The minimum absolute atomic E-state index is 0.194. The number of allylic oxidation sites excluding steroid dienone is 1. The van der Waals surface area contributed by atoms with Gasteiger partial charge < -0.3 is 14.2 Å². The molecule has 5 aromatic rings. The molecule has 4 aromatic carbocycles. The maximum absolute atomic E-state index is 13.7. The molecule has 0 bridgehead atoms. The SMILES string of the molecule is COc1ccc(C2=C(C=Nc3c(C)n(C)n(-c4ccccc4)c3=O)[C@@H](c3ccccc3C)c3ccccc3O2)cc1OC. The van der Waals surface area contributed by atoms with E-state index in [-0.39, 0.29) is 11.5 Å². The molecule has 1 aliphatic heterocycles. The standard InChI is InChI=1S/C36H33N3O4/c1-23-13-9-10-16-27(23)33-28-17-11-12-18-30(28)43-35(25-19-20-31(41-4)32(21-25)42-5)29(33)22-37-34-24(2)38(3)39(36(34)40)26-14-7-6-8-15-26/h6-22,33H,1-5H3/t33-/m0/s1. The number of aryl methyl sites for hydroxylation is 1. The number of methoxy groups -OCH3 is 2. The Morgan fingerprint density at radius 3 is 2.21 bits per heavy atom. The monoisotopic (exact) mass is 571 g/mol. The highest BCUT2D eigenvalue weighted by Gasteiger charge is 2.32. The third-order valence-electron chi connectivity index (χ3n) is 8.02. The van der Waals surface area contributed by atoms with E-state index in [0.717, 1.165) is 45.0 Å². The Balaban J connectivity index is 1.60. The molecular formula is C36H33N3O4. The molecule has 0 N–H and O–H groups in total. The normalized spacial score (nSPS) is 14.5. The molecular weight excluding hydrogens is 538 g/mol. The van der Waals surface area contributed by atoms with E-state index in [1.807, 2.05) is 97.5 Å². The molecule has 0 saturated carbocycles. The van der Waals surface area contributed by atoms with E-state index in [1.54, 1.807) is 25.1 Å². The molecule has 43 heavy (non-hydrogen) atoms. The van der Waals surface area contributed by atoms with E-state index in [2.05, 4.69) is 25.1 Å². The lowest BCUT2D eigenvalue weighted by atomic mass is 9.80. The Labute approximate surface area is 250 Å². The number of aliphatic imine (C=N–C) groups is 1. The smallest absolute Gasteiger partial charge is 0.297 e. The highest BCUT2D eigenvalue weighted by molar-refractivity contribution is 5.95. The van der Waals surface area contributed by atoms with Gasteiger partial charge in [-0.05, 0) is 61.4 Å². The van der Waals surface area contributed by atoms with Gasteiger partial charge in [0.15, 0.2) is 17.2 Å². The van der Waals surface area contributed by atoms with Gasteiger partial charge in [0.1, 0.15) is 11.5 Å². The van der Waals surface area contributed by atoms with Crippen LogP contribution in [0.2, 0.25) is 0 Å². The number of hydrogen-bond donors (Lipinski definition) is 0. The molecule has 2 heterocycles. The van der Waals surface area contributed by atoms with Gasteiger partial charge in [0, 0.05) is 35.9 Å². The molecule has 1 aromatic heterocycles. The number of para-hydroxylation sites is 2. The van der Waals surface area contributed by atoms with E-state index < -0.39 is 0 Å². The van der Waals surface area contributed by atoms with Crippen LogP contribution in [0, 0.1) is 13.8 Å². The van der Waals surface area contributed by atoms with Gasteiger partial charge in [-0.25, -0.2) is 9.67 Å². The fourth-order valence-electron chi connectivity index (χ4n) is 5.70. The lowest BCUT2D eigenvalue weighted by Crippen LogP contribution is -2.19. The summed E-state index contributed by atoms with van der Waals surface area (Å²) in [5, 5.41) is 0. The second-order valence-corrected chi connectivity index (χ2v) is 10.5. The average molecular weight is 572 g/mol. The molecule has 0 unspecified atom stereocenters. The van der Waals surface area contributed by atoms with Crippen molar-refractivity contribution in [1.82, 2.24) is 9.36 Å². The number of hydrogen-bond acceptors (Lipinski definition) is 5. The van der Waals surface area contributed by atoms with Gasteiger partial charge in [-0.1, -0.05) is 60.7 Å². The number of benzene rings is 4. The molecule has 0 saturated heterocycles. The quantitative estimate of drug-likeness (QED) is 0.195. The van der Waals surface area contributed by atoms with Crippen LogP contribution in [-0.2, 0) is 7.05 Å². The Morgan fingerprint density at radius 2 is 1.49 bits per heavy atom. The Bertz CT molecular complexity index is 1930. The second kappa shape index (κ2) is 11.5. The van der Waals surface area contributed by atoms with Crippen molar-refractivity contribution in [3.8, 4) is 22.9 Å². The Kier molecular flexibility index (Phi) is 7.47. The zero-order chi connectivity index (χ0) is 30.1. The van der Waals surface area contributed by atoms with Crippen molar-refractivity contribution in [2.45, 2.75) is 19.8 Å². The molecule has 0 aliphatic carbocycles. The lowest BCUT2D eigenvalue weighted by Gasteiger charge is -2.31. The van der Waals surface area contributed by atoms with Gasteiger partial charge >= 0.3 is 0 Å². The molecule has 216 valence electrons. The highest BCUT2D eigenvalue weighted by atomic mass is 16.5. The van der Waals surface area contributed by atoms with Crippen molar-refractivity contribution in [2.75, 3.05) is 14.2 Å². The van der Waals surface area contributed by atoms with E-state index in [0.29, 0.717) is 22.9 Å². The topological polar surface area (TPSA) is 67.0 Å². The first-order valence-electron chi connectivity index (χ1n) is 14.1. The van der Waals surface area contributed by atoms with Gasteiger partial charge in [-0.2, -0.15) is 0 Å². The molecule has 6 rings (SSSR count). The average Bonchev–Trinajstić information content (AvgIpc) is 3.26. The van der Waals surface area contributed by atoms with E-state index in [9.17, 15) is 4.79 Å². The Hall–Kier alpha value is -5.30. The summed E-state index contributed by atoms with van der Waals surface area (Å²) in [6.07, 6.45) is 1.79. The van der Waals surface area contributed by atoms with Crippen LogP contribution in [-0.4, -0.2) is 29.8 Å². The van der Waals surface area contributed by atoms with Gasteiger partial charge in [0.2, 0.25) is 0 Å². The van der Waals surface area contributed by atoms with Gasteiger partial charge in [0.05, 0.1) is 25.6 Å². The molecule has 0 spiro atoms. The number of nitrogens with zero attached hydrogens (tertiary/aromatic N) is 3. The summed E-state index contributed by atoms with van der Waals surface area (Å²) < 4.78 is 21.3. The second-order valence-electron chi connectivity index (χ2n) is 10.5. The van der Waals surface area contributed by atoms with Gasteiger partial charge in [-0.15, -0.1) is 0 Å². The lowest BCUT2D eigenvalue weighted by molar-refractivity contribution is 0.354. The summed E-state index contributed by atoms with van der Waals surface area (Å²) in [5.41, 5.74) is 6.63. The van der Waals surface area contributed by atoms with Crippen LogP contribution in [0.4, 0.5) is 5.69 Å². The van der Waals surface area contributed by atoms with E-state index in [1.165, 1.54) is 0 Å². The first kappa shape index (κ1) is 27.8. The van der Waals surface area contributed by atoms with Crippen molar-refractivity contribution in [2.24, 2.45) is 12.0 Å². The maximum atomic E-state index is 13.7. The van der Waals surface area contributed by atoms with Crippen LogP contribution in [0.15, 0.2) is 112 Å². The van der Waals surface area contributed by atoms with Crippen LogP contribution in [0.1, 0.15) is 33.9 Å². The summed E-state index contributed by atoms with van der Waals surface area (Å²) >= 11 is 0. The van der Waals surface area contributed by atoms with Gasteiger partial charge in [-0.3, -0.25) is 9.48 Å². The largest absolute Gasteiger partial charge is 0.493 e. The third-order valence-corrected chi connectivity index (χ3v) is 8.02. The Morgan fingerprint density at radius 1 is 0.814 bits per heavy atom. The number of aromatic nitrogens is 2.